The number of aliphatic imine (C=N–C) groups is 1. The number of aromatic nitrogens is 1. The molecule has 2 aliphatic rings. The number of hydrogen-bond acceptors (Lipinski definition) is 4. The second kappa shape index (κ2) is 9.94. The van der Waals surface area contributed by atoms with Crippen LogP contribution in [0.3, 0.4) is 0 Å². The highest BCUT2D eigenvalue weighted by molar-refractivity contribution is 5.80. The summed E-state index contributed by atoms with van der Waals surface area (Å²) in [5.74, 6) is 1.64. The minimum absolute atomic E-state index is 0.0154. The minimum Gasteiger partial charge on any atom is -0.369 e. The van der Waals surface area contributed by atoms with Gasteiger partial charge in [-0.05, 0) is 50.5 Å². The van der Waals surface area contributed by atoms with Crippen LogP contribution in [0.25, 0.3) is 0 Å². The van der Waals surface area contributed by atoms with Crippen molar-refractivity contribution in [3.05, 3.63) is 23.9 Å². The second-order valence-corrected chi connectivity index (χ2v) is 8.41. The van der Waals surface area contributed by atoms with E-state index in [0.29, 0.717) is 12.0 Å². The fourth-order valence-corrected chi connectivity index (χ4v) is 4.32. The molecule has 29 heavy (non-hydrogen) atoms. The van der Waals surface area contributed by atoms with Crippen molar-refractivity contribution < 1.29 is 4.79 Å². The molecule has 1 amide bonds. The van der Waals surface area contributed by atoms with Gasteiger partial charge in [0.05, 0.1) is 6.54 Å². The van der Waals surface area contributed by atoms with Crippen molar-refractivity contribution in [2.75, 3.05) is 31.1 Å². The number of guanidine groups is 1. The molecular formula is C22H36N6O. The van der Waals surface area contributed by atoms with E-state index in [-0.39, 0.29) is 11.8 Å². The number of hydrogen-bond donors (Lipinski definition) is 3. The van der Waals surface area contributed by atoms with Gasteiger partial charge in [-0.2, -0.15) is 0 Å². The summed E-state index contributed by atoms with van der Waals surface area (Å²) >= 11 is 0. The molecule has 7 heteroatoms. The molecule has 2 fully saturated rings. The van der Waals surface area contributed by atoms with Gasteiger partial charge in [-0.15, -0.1) is 0 Å². The maximum Gasteiger partial charge on any atom is 0.220 e. The van der Waals surface area contributed by atoms with Crippen LogP contribution in [-0.2, 0) is 11.3 Å². The Hall–Kier alpha value is -2.31. The monoisotopic (exact) mass is 400 g/mol. The van der Waals surface area contributed by atoms with Gasteiger partial charge in [0.2, 0.25) is 5.91 Å². The van der Waals surface area contributed by atoms with Crippen molar-refractivity contribution in [2.45, 2.75) is 58.9 Å². The largest absolute Gasteiger partial charge is 0.369 e. The maximum atomic E-state index is 11.4. The lowest BCUT2D eigenvalue weighted by molar-refractivity contribution is -0.122. The van der Waals surface area contributed by atoms with Crippen molar-refractivity contribution in [2.24, 2.45) is 22.1 Å². The molecule has 1 aliphatic heterocycles. The minimum atomic E-state index is -0.187. The number of pyridine rings is 1. The van der Waals surface area contributed by atoms with Crippen LogP contribution in [0.1, 0.15) is 57.9 Å². The van der Waals surface area contributed by atoms with Crippen LogP contribution >= 0.6 is 0 Å². The lowest BCUT2D eigenvalue weighted by atomic mass is 9.67. The Morgan fingerprint density at radius 1 is 1.31 bits per heavy atom. The van der Waals surface area contributed by atoms with Crippen molar-refractivity contribution in [3.8, 4) is 0 Å². The normalized spacial score (nSPS) is 19.5. The summed E-state index contributed by atoms with van der Waals surface area (Å²) in [6, 6.07) is 4.06. The van der Waals surface area contributed by atoms with Crippen LogP contribution in [0.2, 0.25) is 0 Å². The Labute approximate surface area is 174 Å². The third-order valence-electron chi connectivity index (χ3n) is 6.61. The molecule has 0 aromatic carbocycles. The third kappa shape index (κ3) is 5.40. The predicted octanol–water partition coefficient (Wildman–Crippen LogP) is 2.42. The molecule has 0 atom stereocenters. The number of carbonyl (C=O) groups excluding carboxylic acids is 1. The molecule has 1 aromatic heterocycles. The molecule has 3 rings (SSSR count). The van der Waals surface area contributed by atoms with Crippen LogP contribution in [0, 0.1) is 11.3 Å². The van der Waals surface area contributed by atoms with Crippen LogP contribution < -0.4 is 21.3 Å². The molecule has 0 unspecified atom stereocenters. The standard InChI is InChI=1S/C22H36N6O/c1-3-22(10-6-11-22)16-27-21(24-4-2)26-15-18-7-5-12-25-20(18)28-13-8-17(9-14-28)19(23)29/h5,7,12,17H,3-4,6,8-11,13-16H2,1-2H3,(H2,23,29)(H2,24,26,27). The van der Waals surface area contributed by atoms with Gasteiger partial charge in [-0.25, -0.2) is 9.98 Å². The van der Waals surface area contributed by atoms with Gasteiger partial charge >= 0.3 is 0 Å². The Morgan fingerprint density at radius 2 is 2.07 bits per heavy atom. The number of piperidine rings is 1. The Morgan fingerprint density at radius 3 is 2.66 bits per heavy atom. The highest BCUT2D eigenvalue weighted by atomic mass is 16.1. The number of carbonyl (C=O) groups is 1. The van der Waals surface area contributed by atoms with E-state index < -0.39 is 0 Å². The summed E-state index contributed by atoms with van der Waals surface area (Å²) in [5, 5.41) is 6.92. The molecule has 160 valence electrons. The first-order valence-electron chi connectivity index (χ1n) is 11.1. The second-order valence-electron chi connectivity index (χ2n) is 8.41. The highest BCUT2D eigenvalue weighted by Crippen LogP contribution is 2.43. The molecule has 2 heterocycles. The van der Waals surface area contributed by atoms with Crippen molar-refractivity contribution in [1.82, 2.24) is 15.6 Å². The van der Waals surface area contributed by atoms with Crippen LogP contribution in [-0.4, -0.2) is 43.0 Å². The van der Waals surface area contributed by atoms with Gasteiger partial charge in [0.1, 0.15) is 5.82 Å². The van der Waals surface area contributed by atoms with Crippen molar-refractivity contribution in [3.63, 3.8) is 0 Å². The first-order valence-corrected chi connectivity index (χ1v) is 11.1. The number of rotatable bonds is 8. The van der Waals surface area contributed by atoms with E-state index >= 15 is 0 Å². The summed E-state index contributed by atoms with van der Waals surface area (Å²) in [6.07, 6.45) is 8.58. The number of nitrogens with one attached hydrogen (secondary N) is 2. The first kappa shape index (κ1) is 21.4. The van der Waals surface area contributed by atoms with E-state index in [4.69, 9.17) is 10.7 Å². The Kier molecular flexibility index (Phi) is 7.34. The molecular weight excluding hydrogens is 364 g/mol. The molecule has 0 spiro atoms. The SMILES string of the molecule is CCNC(=NCc1cccnc1N1CCC(C(N)=O)CC1)NCC1(CC)CCC1. The van der Waals surface area contributed by atoms with E-state index in [1.165, 1.54) is 25.7 Å². The number of primary amides is 1. The number of amides is 1. The van der Waals surface area contributed by atoms with Crippen molar-refractivity contribution >= 4 is 17.7 Å². The van der Waals surface area contributed by atoms with E-state index in [2.05, 4.69) is 40.4 Å². The summed E-state index contributed by atoms with van der Waals surface area (Å²) in [4.78, 5) is 23.1. The molecule has 1 aliphatic carbocycles. The summed E-state index contributed by atoms with van der Waals surface area (Å²) in [7, 11) is 0. The lowest BCUT2D eigenvalue weighted by Crippen LogP contribution is -2.46. The quantitative estimate of drug-likeness (QED) is 0.460. The average Bonchev–Trinajstić information content (AvgIpc) is 2.71. The van der Waals surface area contributed by atoms with Gasteiger partial charge in [-0.3, -0.25) is 4.79 Å². The van der Waals surface area contributed by atoms with Gasteiger partial charge in [0.15, 0.2) is 5.96 Å². The number of nitrogens with zero attached hydrogens (tertiary/aromatic N) is 3. The molecule has 0 radical (unpaired) electrons. The summed E-state index contributed by atoms with van der Waals surface area (Å²) in [6.45, 7) is 8.38. The fourth-order valence-electron chi connectivity index (χ4n) is 4.32. The zero-order valence-electron chi connectivity index (χ0n) is 17.9. The first-order chi connectivity index (χ1) is 14.1. The molecule has 1 saturated carbocycles. The smallest absolute Gasteiger partial charge is 0.220 e. The van der Waals surface area contributed by atoms with Crippen molar-refractivity contribution in [1.29, 1.82) is 0 Å². The molecule has 1 saturated heterocycles. The maximum absolute atomic E-state index is 11.4. The molecule has 7 nitrogen and oxygen atoms in total. The summed E-state index contributed by atoms with van der Waals surface area (Å²) < 4.78 is 0. The zero-order chi connectivity index (χ0) is 20.7. The van der Waals surface area contributed by atoms with Crippen LogP contribution in [0.4, 0.5) is 5.82 Å². The van der Waals surface area contributed by atoms with Crippen LogP contribution in [0.5, 0.6) is 0 Å². The predicted molar refractivity (Wildman–Crippen MR) is 118 cm³/mol. The molecule has 1 aromatic rings. The van der Waals surface area contributed by atoms with Gasteiger partial charge in [0.25, 0.3) is 0 Å². The molecule has 0 bridgehead atoms. The Balaban J connectivity index is 1.64. The number of nitrogens with two attached hydrogens (primary N) is 1. The average molecular weight is 401 g/mol. The topological polar surface area (TPSA) is 95.6 Å². The van der Waals surface area contributed by atoms with Gasteiger partial charge in [-0.1, -0.05) is 19.4 Å². The number of anilines is 1. The molecule has 4 N–H and O–H groups in total. The van der Waals surface area contributed by atoms with Gasteiger partial charge in [0, 0.05) is 43.9 Å². The third-order valence-corrected chi connectivity index (χ3v) is 6.61. The van der Waals surface area contributed by atoms with Crippen LogP contribution in [0.15, 0.2) is 23.3 Å². The highest BCUT2D eigenvalue weighted by Gasteiger charge is 2.34. The van der Waals surface area contributed by atoms with E-state index in [1.54, 1.807) is 0 Å². The van der Waals surface area contributed by atoms with E-state index in [9.17, 15) is 4.79 Å². The fraction of sp³-hybridized carbons (Fsp3) is 0.682. The zero-order valence-corrected chi connectivity index (χ0v) is 17.9. The lowest BCUT2D eigenvalue weighted by Gasteiger charge is -2.41. The van der Waals surface area contributed by atoms with E-state index in [1.807, 2.05) is 12.3 Å². The van der Waals surface area contributed by atoms with Gasteiger partial charge < -0.3 is 21.3 Å². The van der Waals surface area contributed by atoms with E-state index in [0.717, 1.165) is 56.4 Å². The Bertz CT molecular complexity index is 701. The summed E-state index contributed by atoms with van der Waals surface area (Å²) in [5.41, 5.74) is 7.02.